The van der Waals surface area contributed by atoms with E-state index in [0.29, 0.717) is 17.2 Å². The molecule has 0 bridgehead atoms. The lowest BCUT2D eigenvalue weighted by molar-refractivity contribution is 0.0951. The lowest BCUT2D eigenvalue weighted by Crippen LogP contribution is -2.25. The summed E-state index contributed by atoms with van der Waals surface area (Å²) in [4.78, 5) is 25.4. The van der Waals surface area contributed by atoms with Crippen LogP contribution in [0.1, 0.15) is 10.4 Å². The van der Waals surface area contributed by atoms with Gasteiger partial charge in [-0.2, -0.15) is 0 Å². The van der Waals surface area contributed by atoms with Crippen molar-refractivity contribution >= 4 is 40.7 Å². The van der Waals surface area contributed by atoms with E-state index in [9.17, 15) is 9.18 Å². The van der Waals surface area contributed by atoms with Crippen LogP contribution < -0.4 is 10.6 Å². The predicted molar refractivity (Wildman–Crippen MR) is 118 cm³/mol. The molecule has 0 atom stereocenters. The van der Waals surface area contributed by atoms with Gasteiger partial charge in [-0.1, -0.05) is 12.1 Å². The molecule has 0 spiro atoms. The summed E-state index contributed by atoms with van der Waals surface area (Å²) in [6.07, 6.45) is 3.42. The van der Waals surface area contributed by atoms with Crippen LogP contribution in [0.15, 0.2) is 73.1 Å². The summed E-state index contributed by atoms with van der Waals surface area (Å²) in [5.41, 5.74) is 2.87. The van der Waals surface area contributed by atoms with Gasteiger partial charge in [0.1, 0.15) is 12.5 Å². The number of amides is 1. The fourth-order valence-corrected chi connectivity index (χ4v) is 2.90. The Hall–Kier alpha value is -3.58. The van der Waals surface area contributed by atoms with Gasteiger partial charge in [0.05, 0.1) is 5.52 Å². The predicted octanol–water partition coefficient (Wildman–Crippen LogP) is 4.56. The minimum Gasteiger partial charge on any atom is -0.349 e. The molecule has 0 fully saturated rings. The first-order valence-corrected chi connectivity index (χ1v) is 9.13. The van der Waals surface area contributed by atoms with Gasteiger partial charge in [-0.3, -0.25) is 9.78 Å². The molecule has 0 aliphatic carbocycles. The van der Waals surface area contributed by atoms with Gasteiger partial charge in [-0.25, -0.2) is 14.4 Å². The van der Waals surface area contributed by atoms with Gasteiger partial charge >= 0.3 is 0 Å². The van der Waals surface area contributed by atoms with Crippen LogP contribution in [0.5, 0.6) is 0 Å². The smallest absolute Gasteiger partial charge is 0.251 e. The minimum absolute atomic E-state index is 0. The lowest BCUT2D eigenvalue weighted by Gasteiger charge is -2.11. The largest absolute Gasteiger partial charge is 0.349 e. The third kappa shape index (κ3) is 4.69. The van der Waals surface area contributed by atoms with E-state index >= 15 is 0 Å². The number of benzene rings is 2. The summed E-state index contributed by atoms with van der Waals surface area (Å²) in [5, 5.41) is 6.69. The number of anilines is 2. The Labute approximate surface area is 179 Å². The van der Waals surface area contributed by atoms with E-state index in [1.54, 1.807) is 36.7 Å². The second-order valence-corrected chi connectivity index (χ2v) is 6.30. The Bertz CT molecular complexity index is 1140. The number of nitrogens with zero attached hydrogens (tertiary/aromatic N) is 3. The molecule has 6 nitrogen and oxygen atoms in total. The molecule has 30 heavy (non-hydrogen) atoms. The monoisotopic (exact) mass is 423 g/mol. The van der Waals surface area contributed by atoms with Gasteiger partial charge in [0.15, 0.2) is 5.82 Å². The van der Waals surface area contributed by atoms with E-state index < -0.39 is 6.67 Å². The second-order valence-electron chi connectivity index (χ2n) is 6.30. The van der Waals surface area contributed by atoms with Crippen LogP contribution in [0.3, 0.4) is 0 Å². The van der Waals surface area contributed by atoms with Crippen molar-refractivity contribution in [3.8, 4) is 11.4 Å². The molecule has 2 aromatic heterocycles. The van der Waals surface area contributed by atoms with Crippen LogP contribution in [0.2, 0.25) is 0 Å². The molecule has 4 aromatic rings. The van der Waals surface area contributed by atoms with E-state index in [4.69, 9.17) is 0 Å². The normalized spacial score (nSPS) is 10.3. The second kappa shape index (κ2) is 9.76. The Morgan fingerprint density at radius 1 is 0.967 bits per heavy atom. The maximum Gasteiger partial charge on any atom is 0.251 e. The van der Waals surface area contributed by atoms with Crippen LogP contribution >= 0.6 is 12.4 Å². The Balaban J connectivity index is 0.00000256. The number of hydrogen-bond donors (Lipinski definition) is 2. The molecule has 0 unspecified atom stereocenters. The number of fused-ring (bicyclic) bond motifs is 1. The first-order chi connectivity index (χ1) is 14.2. The Morgan fingerprint density at radius 2 is 1.77 bits per heavy atom. The highest BCUT2D eigenvalue weighted by molar-refractivity contribution is 5.95. The molecule has 0 saturated carbocycles. The Kier molecular flexibility index (Phi) is 6.87. The van der Waals surface area contributed by atoms with E-state index in [0.717, 1.165) is 22.2 Å². The van der Waals surface area contributed by atoms with E-state index in [2.05, 4.69) is 25.6 Å². The van der Waals surface area contributed by atoms with Gasteiger partial charge in [-0.15, -0.1) is 12.4 Å². The SMILES string of the molecule is Cl.O=C(NCCF)c1ccc(Nc2nc(-c3cccnc3)nc3ccccc23)cc1. The van der Waals surface area contributed by atoms with Crippen LogP contribution in [-0.4, -0.2) is 34.1 Å². The molecular formula is C22H19ClFN5O. The number of carbonyl (C=O) groups is 1. The standard InChI is InChI=1S/C22H18FN5O.ClH/c23-11-13-25-22(29)15-7-9-17(10-8-15)26-21-18-5-1-2-6-19(18)27-20(28-21)16-4-3-12-24-14-16;/h1-10,12,14H,11,13H2,(H,25,29)(H,26,27,28);1H. The third-order valence-electron chi connectivity index (χ3n) is 4.31. The number of pyridine rings is 1. The first kappa shape index (κ1) is 21.1. The summed E-state index contributed by atoms with van der Waals surface area (Å²) in [5.74, 6) is 0.922. The third-order valence-corrected chi connectivity index (χ3v) is 4.31. The lowest BCUT2D eigenvalue weighted by atomic mass is 10.1. The van der Waals surface area contributed by atoms with Crippen LogP contribution in [0, 0.1) is 0 Å². The summed E-state index contributed by atoms with van der Waals surface area (Å²) < 4.78 is 12.2. The number of alkyl halides is 1. The van der Waals surface area contributed by atoms with E-state index in [1.807, 2.05) is 36.4 Å². The number of rotatable bonds is 6. The topological polar surface area (TPSA) is 79.8 Å². The van der Waals surface area contributed by atoms with E-state index in [1.165, 1.54) is 0 Å². The number of halogens is 2. The van der Waals surface area contributed by atoms with Crippen molar-refractivity contribution < 1.29 is 9.18 Å². The summed E-state index contributed by atoms with van der Waals surface area (Å²) in [7, 11) is 0. The van der Waals surface area contributed by atoms with Gasteiger partial charge in [0, 0.05) is 41.1 Å². The van der Waals surface area contributed by atoms with Crippen molar-refractivity contribution in [2.24, 2.45) is 0 Å². The zero-order chi connectivity index (χ0) is 20.1. The number of nitrogens with one attached hydrogen (secondary N) is 2. The molecule has 152 valence electrons. The number of carbonyl (C=O) groups excluding carboxylic acids is 1. The van der Waals surface area contributed by atoms with Gasteiger partial charge in [-0.05, 0) is 48.5 Å². The summed E-state index contributed by atoms with van der Waals surface area (Å²) >= 11 is 0. The van der Waals surface area contributed by atoms with Crippen molar-refractivity contribution in [2.75, 3.05) is 18.5 Å². The molecule has 2 aromatic carbocycles. The summed E-state index contributed by atoms with van der Waals surface area (Å²) in [6, 6.07) is 18.4. The van der Waals surface area contributed by atoms with Crippen LogP contribution in [0.4, 0.5) is 15.9 Å². The van der Waals surface area contributed by atoms with Gasteiger partial charge in [0.2, 0.25) is 0 Å². The zero-order valence-electron chi connectivity index (χ0n) is 15.9. The molecule has 2 N–H and O–H groups in total. The number of para-hydroxylation sites is 1. The molecule has 0 aliphatic heterocycles. The first-order valence-electron chi connectivity index (χ1n) is 9.13. The fraction of sp³-hybridized carbons (Fsp3) is 0.0909. The molecular weight excluding hydrogens is 405 g/mol. The maximum atomic E-state index is 12.2. The number of hydrogen-bond acceptors (Lipinski definition) is 5. The van der Waals surface area contributed by atoms with Crippen molar-refractivity contribution in [3.05, 3.63) is 78.6 Å². The van der Waals surface area contributed by atoms with E-state index in [-0.39, 0.29) is 24.9 Å². The highest BCUT2D eigenvalue weighted by Gasteiger charge is 2.10. The Morgan fingerprint density at radius 3 is 2.50 bits per heavy atom. The van der Waals surface area contributed by atoms with Crippen LogP contribution in [-0.2, 0) is 0 Å². The molecule has 2 heterocycles. The highest BCUT2D eigenvalue weighted by atomic mass is 35.5. The number of aromatic nitrogens is 3. The maximum absolute atomic E-state index is 12.2. The molecule has 4 rings (SSSR count). The van der Waals surface area contributed by atoms with Gasteiger partial charge in [0.25, 0.3) is 5.91 Å². The highest BCUT2D eigenvalue weighted by Crippen LogP contribution is 2.27. The summed E-state index contributed by atoms with van der Waals surface area (Å²) in [6.45, 7) is -0.589. The van der Waals surface area contributed by atoms with Crippen molar-refractivity contribution in [1.82, 2.24) is 20.3 Å². The average molecular weight is 424 g/mol. The quantitative estimate of drug-likeness (QED) is 0.475. The molecule has 8 heteroatoms. The molecule has 1 amide bonds. The fourth-order valence-electron chi connectivity index (χ4n) is 2.90. The molecule has 0 saturated heterocycles. The van der Waals surface area contributed by atoms with Crippen molar-refractivity contribution in [1.29, 1.82) is 0 Å². The van der Waals surface area contributed by atoms with Crippen molar-refractivity contribution in [2.45, 2.75) is 0 Å². The zero-order valence-corrected chi connectivity index (χ0v) is 16.7. The van der Waals surface area contributed by atoms with Gasteiger partial charge < -0.3 is 10.6 Å². The minimum atomic E-state index is -0.592. The van der Waals surface area contributed by atoms with Crippen LogP contribution in [0.25, 0.3) is 22.3 Å². The molecule has 0 radical (unpaired) electrons. The molecule has 0 aliphatic rings. The average Bonchev–Trinajstić information content (AvgIpc) is 2.78. The van der Waals surface area contributed by atoms with Crippen molar-refractivity contribution in [3.63, 3.8) is 0 Å².